The standard InChI is InChI=1S/C21H23NO3/c1-15(17-8-9-19-20(14-17)25-12-11-24-19)13-21(23)22-10-4-6-16-5-2-3-7-18(16)22/h2-3,5,7-9,14-15H,4,6,10-13H2,1H3. The quantitative estimate of drug-likeness (QED) is 0.852. The Hall–Kier alpha value is -2.49. The number of hydrogen-bond acceptors (Lipinski definition) is 3. The first-order valence-electron chi connectivity index (χ1n) is 9.00. The summed E-state index contributed by atoms with van der Waals surface area (Å²) in [6.45, 7) is 4.08. The molecule has 1 unspecified atom stereocenters. The predicted octanol–water partition coefficient (Wildman–Crippen LogP) is 3.93. The number of rotatable bonds is 3. The second kappa shape index (κ2) is 6.79. The van der Waals surface area contributed by atoms with E-state index in [9.17, 15) is 4.79 Å². The molecule has 4 heteroatoms. The molecule has 4 nitrogen and oxygen atoms in total. The minimum absolute atomic E-state index is 0.136. The molecule has 1 atom stereocenters. The van der Waals surface area contributed by atoms with Crippen LogP contribution in [-0.2, 0) is 11.2 Å². The zero-order valence-corrected chi connectivity index (χ0v) is 14.5. The minimum Gasteiger partial charge on any atom is -0.486 e. The van der Waals surface area contributed by atoms with E-state index in [-0.39, 0.29) is 11.8 Å². The van der Waals surface area contributed by atoms with Crippen molar-refractivity contribution >= 4 is 11.6 Å². The van der Waals surface area contributed by atoms with Crippen LogP contribution in [0.5, 0.6) is 11.5 Å². The normalized spacial score (nSPS) is 16.9. The Kier molecular flexibility index (Phi) is 4.35. The third kappa shape index (κ3) is 3.21. The first-order chi connectivity index (χ1) is 12.2. The summed E-state index contributed by atoms with van der Waals surface area (Å²) in [7, 11) is 0. The van der Waals surface area contributed by atoms with Crippen molar-refractivity contribution in [2.24, 2.45) is 0 Å². The Balaban J connectivity index is 1.50. The number of para-hydroxylation sites is 1. The summed E-state index contributed by atoms with van der Waals surface area (Å²) in [6, 6.07) is 14.2. The van der Waals surface area contributed by atoms with Gasteiger partial charge in [-0.05, 0) is 48.1 Å². The van der Waals surface area contributed by atoms with E-state index >= 15 is 0 Å². The van der Waals surface area contributed by atoms with Gasteiger partial charge in [-0.1, -0.05) is 31.2 Å². The molecule has 0 aliphatic carbocycles. The maximum atomic E-state index is 12.9. The van der Waals surface area contributed by atoms with Gasteiger partial charge in [-0.15, -0.1) is 0 Å². The number of benzene rings is 2. The molecule has 2 heterocycles. The molecule has 130 valence electrons. The first-order valence-corrected chi connectivity index (χ1v) is 9.00. The van der Waals surface area contributed by atoms with Gasteiger partial charge in [-0.3, -0.25) is 4.79 Å². The van der Waals surface area contributed by atoms with Gasteiger partial charge in [0.25, 0.3) is 0 Å². The molecule has 0 saturated carbocycles. The van der Waals surface area contributed by atoms with Gasteiger partial charge < -0.3 is 14.4 Å². The monoisotopic (exact) mass is 337 g/mol. The molecule has 2 aromatic carbocycles. The molecule has 0 aromatic heterocycles. The maximum Gasteiger partial charge on any atom is 0.227 e. The molecule has 0 spiro atoms. The van der Waals surface area contributed by atoms with Crippen molar-refractivity contribution in [3.63, 3.8) is 0 Å². The molecule has 0 saturated heterocycles. The molecule has 0 N–H and O–H groups in total. The number of fused-ring (bicyclic) bond motifs is 2. The Labute approximate surface area is 148 Å². The van der Waals surface area contributed by atoms with Gasteiger partial charge >= 0.3 is 0 Å². The summed E-state index contributed by atoms with van der Waals surface area (Å²) < 4.78 is 11.2. The molecule has 1 amide bonds. The summed E-state index contributed by atoms with van der Waals surface area (Å²) >= 11 is 0. The maximum absolute atomic E-state index is 12.9. The van der Waals surface area contributed by atoms with Gasteiger partial charge in [0.1, 0.15) is 13.2 Å². The zero-order valence-electron chi connectivity index (χ0n) is 14.5. The Morgan fingerprint density at radius 3 is 2.80 bits per heavy atom. The average molecular weight is 337 g/mol. The molecule has 25 heavy (non-hydrogen) atoms. The van der Waals surface area contributed by atoms with Gasteiger partial charge in [0, 0.05) is 18.7 Å². The van der Waals surface area contributed by atoms with Gasteiger partial charge in [0.2, 0.25) is 5.91 Å². The minimum atomic E-state index is 0.136. The summed E-state index contributed by atoms with van der Waals surface area (Å²) in [6.07, 6.45) is 2.58. The number of carbonyl (C=O) groups excluding carboxylic acids is 1. The summed E-state index contributed by atoms with van der Waals surface area (Å²) in [5, 5.41) is 0. The van der Waals surface area contributed by atoms with Gasteiger partial charge in [-0.25, -0.2) is 0 Å². The van der Waals surface area contributed by atoms with Crippen molar-refractivity contribution in [3.05, 3.63) is 53.6 Å². The van der Waals surface area contributed by atoms with E-state index in [1.54, 1.807) is 0 Å². The fourth-order valence-corrected chi connectivity index (χ4v) is 3.65. The fraction of sp³-hybridized carbons (Fsp3) is 0.381. The molecule has 2 aromatic rings. The lowest BCUT2D eigenvalue weighted by molar-refractivity contribution is -0.119. The number of anilines is 1. The van der Waals surface area contributed by atoms with Crippen LogP contribution in [0.3, 0.4) is 0 Å². The van der Waals surface area contributed by atoms with E-state index in [1.807, 2.05) is 35.2 Å². The third-order valence-electron chi connectivity index (χ3n) is 5.03. The largest absolute Gasteiger partial charge is 0.486 e. The topological polar surface area (TPSA) is 38.8 Å². The number of carbonyl (C=O) groups is 1. The van der Waals surface area contributed by atoms with E-state index in [2.05, 4.69) is 19.1 Å². The van der Waals surface area contributed by atoms with Crippen molar-refractivity contribution in [1.82, 2.24) is 0 Å². The number of ether oxygens (including phenoxy) is 2. The van der Waals surface area contributed by atoms with Gasteiger partial charge in [0.05, 0.1) is 0 Å². The van der Waals surface area contributed by atoms with Crippen LogP contribution in [0.25, 0.3) is 0 Å². The van der Waals surface area contributed by atoms with E-state index in [0.717, 1.165) is 42.1 Å². The fourth-order valence-electron chi connectivity index (χ4n) is 3.65. The second-order valence-corrected chi connectivity index (χ2v) is 6.79. The van der Waals surface area contributed by atoms with Crippen LogP contribution in [-0.4, -0.2) is 25.7 Å². The van der Waals surface area contributed by atoms with E-state index in [4.69, 9.17) is 9.47 Å². The number of nitrogens with zero attached hydrogens (tertiary/aromatic N) is 1. The van der Waals surface area contributed by atoms with Crippen molar-refractivity contribution in [1.29, 1.82) is 0 Å². The summed E-state index contributed by atoms with van der Waals surface area (Å²) in [5.41, 5.74) is 3.46. The van der Waals surface area contributed by atoms with Crippen LogP contribution >= 0.6 is 0 Å². The van der Waals surface area contributed by atoms with Crippen LogP contribution in [0.4, 0.5) is 5.69 Å². The van der Waals surface area contributed by atoms with Crippen molar-refractivity contribution in [3.8, 4) is 11.5 Å². The summed E-state index contributed by atoms with van der Waals surface area (Å²) in [4.78, 5) is 14.9. The molecule has 2 aliphatic rings. The smallest absolute Gasteiger partial charge is 0.227 e. The lowest BCUT2D eigenvalue weighted by Crippen LogP contribution is -2.36. The number of aryl methyl sites for hydroxylation is 1. The highest BCUT2D eigenvalue weighted by Crippen LogP contribution is 2.35. The van der Waals surface area contributed by atoms with Crippen LogP contribution in [0.2, 0.25) is 0 Å². The zero-order chi connectivity index (χ0) is 17.2. The SMILES string of the molecule is CC(CC(=O)N1CCCc2ccccc21)c1ccc2c(c1)OCCO2. The lowest BCUT2D eigenvalue weighted by atomic mass is 9.95. The number of hydrogen-bond donors (Lipinski definition) is 0. The molecule has 4 rings (SSSR count). The second-order valence-electron chi connectivity index (χ2n) is 6.79. The lowest BCUT2D eigenvalue weighted by Gasteiger charge is -2.30. The first kappa shape index (κ1) is 16.0. The molecule has 0 bridgehead atoms. The number of amides is 1. The molecular formula is C21H23NO3. The van der Waals surface area contributed by atoms with E-state index in [0.29, 0.717) is 19.6 Å². The highest BCUT2D eigenvalue weighted by Gasteiger charge is 2.24. The van der Waals surface area contributed by atoms with E-state index in [1.165, 1.54) is 5.56 Å². The van der Waals surface area contributed by atoms with E-state index < -0.39 is 0 Å². The Bertz CT molecular complexity index is 786. The average Bonchev–Trinajstić information content (AvgIpc) is 2.67. The van der Waals surface area contributed by atoms with Gasteiger partial charge in [-0.2, -0.15) is 0 Å². The van der Waals surface area contributed by atoms with Crippen molar-refractivity contribution < 1.29 is 14.3 Å². The molecule has 0 radical (unpaired) electrons. The van der Waals surface area contributed by atoms with Crippen LogP contribution in [0.1, 0.15) is 36.8 Å². The van der Waals surface area contributed by atoms with Crippen LogP contribution in [0, 0.1) is 0 Å². The summed E-state index contributed by atoms with van der Waals surface area (Å²) in [5.74, 6) is 1.90. The highest BCUT2D eigenvalue weighted by atomic mass is 16.6. The molecule has 2 aliphatic heterocycles. The van der Waals surface area contributed by atoms with Crippen LogP contribution in [0.15, 0.2) is 42.5 Å². The van der Waals surface area contributed by atoms with Crippen LogP contribution < -0.4 is 14.4 Å². The Morgan fingerprint density at radius 2 is 1.92 bits per heavy atom. The van der Waals surface area contributed by atoms with Crippen molar-refractivity contribution in [2.45, 2.75) is 32.1 Å². The van der Waals surface area contributed by atoms with Crippen molar-refractivity contribution in [2.75, 3.05) is 24.7 Å². The van der Waals surface area contributed by atoms with Gasteiger partial charge in [0.15, 0.2) is 11.5 Å². The Morgan fingerprint density at radius 1 is 1.12 bits per heavy atom. The third-order valence-corrected chi connectivity index (χ3v) is 5.03. The predicted molar refractivity (Wildman–Crippen MR) is 97.6 cm³/mol. The molecule has 0 fully saturated rings. The highest BCUT2D eigenvalue weighted by molar-refractivity contribution is 5.95. The molecular weight excluding hydrogens is 314 g/mol.